The SMILES string of the molecule is C=CCn1c(=S)sc2c(=O)n(CCCC)cnc21. The molecule has 2 rings (SSSR count). The van der Waals surface area contributed by atoms with Crippen LogP contribution in [-0.2, 0) is 13.1 Å². The van der Waals surface area contributed by atoms with Crippen molar-refractivity contribution in [2.75, 3.05) is 0 Å². The number of hydrogen-bond donors (Lipinski definition) is 0. The summed E-state index contributed by atoms with van der Waals surface area (Å²) < 4.78 is 4.81. The summed E-state index contributed by atoms with van der Waals surface area (Å²) in [6.07, 6.45) is 5.40. The second-order valence-corrected chi connectivity index (χ2v) is 5.66. The Balaban J connectivity index is 2.59. The zero-order valence-corrected chi connectivity index (χ0v) is 11.9. The molecule has 0 bridgehead atoms. The Labute approximate surface area is 114 Å². The third kappa shape index (κ3) is 2.30. The van der Waals surface area contributed by atoms with Crippen LogP contribution in [0.5, 0.6) is 0 Å². The van der Waals surface area contributed by atoms with Gasteiger partial charge in [0.25, 0.3) is 5.56 Å². The third-order valence-corrected chi connectivity index (χ3v) is 4.13. The molecule has 96 valence electrons. The first kappa shape index (κ1) is 13.2. The Morgan fingerprint density at radius 2 is 2.39 bits per heavy atom. The van der Waals surface area contributed by atoms with Crippen molar-refractivity contribution in [2.45, 2.75) is 32.9 Å². The van der Waals surface area contributed by atoms with Gasteiger partial charge in [-0.3, -0.25) is 9.36 Å². The summed E-state index contributed by atoms with van der Waals surface area (Å²) in [5.41, 5.74) is 0.676. The molecule has 2 aromatic heterocycles. The number of aromatic nitrogens is 3. The molecule has 0 aromatic carbocycles. The number of unbranched alkanes of at least 4 members (excludes halogenated alkanes) is 1. The van der Waals surface area contributed by atoms with Crippen molar-refractivity contribution in [3.05, 3.63) is 33.3 Å². The molecular weight excluding hydrogens is 266 g/mol. The Morgan fingerprint density at radius 1 is 1.61 bits per heavy atom. The van der Waals surface area contributed by atoms with E-state index in [4.69, 9.17) is 12.2 Å². The lowest BCUT2D eigenvalue weighted by atomic mass is 10.3. The van der Waals surface area contributed by atoms with Gasteiger partial charge in [-0.2, -0.15) is 0 Å². The van der Waals surface area contributed by atoms with Crippen LogP contribution in [0.2, 0.25) is 0 Å². The van der Waals surface area contributed by atoms with Crippen molar-refractivity contribution in [1.82, 2.24) is 14.1 Å². The monoisotopic (exact) mass is 281 g/mol. The summed E-state index contributed by atoms with van der Waals surface area (Å²) in [6, 6.07) is 0. The van der Waals surface area contributed by atoms with Crippen LogP contribution < -0.4 is 5.56 Å². The highest BCUT2D eigenvalue weighted by Gasteiger charge is 2.10. The molecule has 0 saturated carbocycles. The quantitative estimate of drug-likeness (QED) is 0.625. The van der Waals surface area contributed by atoms with Crippen LogP contribution in [0.1, 0.15) is 19.8 Å². The van der Waals surface area contributed by atoms with Crippen LogP contribution >= 0.6 is 23.6 Å². The van der Waals surface area contributed by atoms with E-state index in [1.165, 1.54) is 11.3 Å². The molecule has 0 atom stereocenters. The van der Waals surface area contributed by atoms with E-state index in [9.17, 15) is 4.79 Å². The van der Waals surface area contributed by atoms with Crippen molar-refractivity contribution < 1.29 is 0 Å². The van der Waals surface area contributed by atoms with E-state index >= 15 is 0 Å². The summed E-state index contributed by atoms with van der Waals surface area (Å²) in [5, 5.41) is 0. The van der Waals surface area contributed by atoms with Gasteiger partial charge in [0.05, 0.1) is 6.33 Å². The van der Waals surface area contributed by atoms with Gasteiger partial charge in [-0.1, -0.05) is 30.8 Å². The van der Waals surface area contributed by atoms with E-state index in [-0.39, 0.29) is 5.56 Å². The van der Waals surface area contributed by atoms with Crippen LogP contribution in [0.25, 0.3) is 10.3 Å². The molecule has 0 aliphatic heterocycles. The van der Waals surface area contributed by atoms with Crippen molar-refractivity contribution in [3.8, 4) is 0 Å². The minimum absolute atomic E-state index is 0.00682. The van der Waals surface area contributed by atoms with Gasteiger partial charge in [-0.25, -0.2) is 4.98 Å². The second-order valence-electron chi connectivity index (χ2n) is 4.02. The van der Waals surface area contributed by atoms with Crippen molar-refractivity contribution in [2.24, 2.45) is 0 Å². The zero-order chi connectivity index (χ0) is 13.1. The fraction of sp³-hybridized carbons (Fsp3) is 0.417. The first-order valence-electron chi connectivity index (χ1n) is 5.88. The fourth-order valence-corrected chi connectivity index (χ4v) is 3.07. The number of hydrogen-bond acceptors (Lipinski definition) is 4. The molecule has 4 nitrogen and oxygen atoms in total. The molecule has 2 aromatic rings. The number of fused-ring (bicyclic) bond motifs is 1. The van der Waals surface area contributed by atoms with E-state index in [2.05, 4.69) is 18.5 Å². The van der Waals surface area contributed by atoms with E-state index < -0.39 is 0 Å². The molecule has 0 aliphatic carbocycles. The molecule has 6 heteroatoms. The van der Waals surface area contributed by atoms with Gasteiger partial charge in [0.15, 0.2) is 9.60 Å². The highest BCUT2D eigenvalue weighted by Crippen LogP contribution is 2.17. The van der Waals surface area contributed by atoms with Crippen molar-refractivity contribution in [1.29, 1.82) is 0 Å². The number of rotatable bonds is 5. The molecule has 0 amide bonds. The number of nitrogens with zero attached hydrogens (tertiary/aromatic N) is 3. The average molecular weight is 281 g/mol. The minimum Gasteiger partial charge on any atom is -0.304 e. The number of allylic oxidation sites excluding steroid dienone is 1. The molecule has 0 radical (unpaired) electrons. The molecule has 0 fully saturated rings. The first-order valence-corrected chi connectivity index (χ1v) is 7.11. The Kier molecular flexibility index (Phi) is 4.08. The average Bonchev–Trinajstić information content (AvgIpc) is 2.67. The molecule has 0 spiro atoms. The maximum absolute atomic E-state index is 12.3. The van der Waals surface area contributed by atoms with Crippen molar-refractivity contribution in [3.63, 3.8) is 0 Å². The smallest absolute Gasteiger partial charge is 0.272 e. The molecular formula is C12H15N3OS2. The maximum Gasteiger partial charge on any atom is 0.272 e. The number of aryl methyl sites for hydroxylation is 1. The van der Waals surface area contributed by atoms with Gasteiger partial charge in [0.1, 0.15) is 4.70 Å². The highest BCUT2D eigenvalue weighted by atomic mass is 32.1. The van der Waals surface area contributed by atoms with Gasteiger partial charge < -0.3 is 4.57 Å². The Hall–Kier alpha value is -1.27. The predicted octanol–water partition coefficient (Wildman–Crippen LogP) is 2.98. The van der Waals surface area contributed by atoms with E-state index in [1.807, 2.05) is 4.57 Å². The van der Waals surface area contributed by atoms with Crippen LogP contribution in [0.15, 0.2) is 23.8 Å². The number of thiazole rings is 1. The van der Waals surface area contributed by atoms with E-state index in [0.717, 1.165) is 12.8 Å². The fourth-order valence-electron chi connectivity index (χ4n) is 1.75. The van der Waals surface area contributed by atoms with Crippen LogP contribution in [0, 0.1) is 3.95 Å². The topological polar surface area (TPSA) is 39.8 Å². The molecule has 0 aliphatic rings. The van der Waals surface area contributed by atoms with Gasteiger partial charge >= 0.3 is 0 Å². The van der Waals surface area contributed by atoms with Crippen LogP contribution in [0.4, 0.5) is 0 Å². The minimum atomic E-state index is 0.00682. The first-order chi connectivity index (χ1) is 8.69. The maximum atomic E-state index is 12.3. The van der Waals surface area contributed by atoms with Crippen molar-refractivity contribution >= 4 is 33.9 Å². The molecule has 0 saturated heterocycles. The van der Waals surface area contributed by atoms with E-state index in [1.54, 1.807) is 17.0 Å². The summed E-state index contributed by atoms with van der Waals surface area (Å²) >= 11 is 6.58. The standard InChI is InChI=1S/C12H15N3OS2/c1-3-5-7-14-8-13-10-9(11(14)16)18-12(17)15(10)6-4-2/h4,8H,2-3,5-7H2,1H3. The lowest BCUT2D eigenvalue weighted by Crippen LogP contribution is -2.20. The summed E-state index contributed by atoms with van der Waals surface area (Å²) in [4.78, 5) is 16.6. The lowest BCUT2D eigenvalue weighted by Gasteiger charge is -2.04. The molecule has 0 unspecified atom stereocenters. The summed E-state index contributed by atoms with van der Waals surface area (Å²) in [5.74, 6) is 0. The summed E-state index contributed by atoms with van der Waals surface area (Å²) in [7, 11) is 0. The third-order valence-electron chi connectivity index (χ3n) is 2.71. The highest BCUT2D eigenvalue weighted by molar-refractivity contribution is 7.73. The second kappa shape index (κ2) is 5.58. The van der Waals surface area contributed by atoms with Crippen LogP contribution in [-0.4, -0.2) is 14.1 Å². The summed E-state index contributed by atoms with van der Waals surface area (Å²) in [6.45, 7) is 7.09. The molecule has 2 heterocycles. The largest absolute Gasteiger partial charge is 0.304 e. The zero-order valence-electron chi connectivity index (χ0n) is 10.3. The Morgan fingerprint density at radius 3 is 3.06 bits per heavy atom. The van der Waals surface area contributed by atoms with Gasteiger partial charge in [-0.05, 0) is 18.6 Å². The van der Waals surface area contributed by atoms with E-state index in [0.29, 0.717) is 27.4 Å². The van der Waals surface area contributed by atoms with Gasteiger partial charge in [0, 0.05) is 13.1 Å². The normalized spacial score (nSPS) is 10.9. The van der Waals surface area contributed by atoms with Gasteiger partial charge in [0.2, 0.25) is 0 Å². The van der Waals surface area contributed by atoms with Gasteiger partial charge in [-0.15, -0.1) is 6.58 Å². The molecule has 18 heavy (non-hydrogen) atoms. The molecule has 0 N–H and O–H groups in total. The predicted molar refractivity (Wildman–Crippen MR) is 77.8 cm³/mol. The lowest BCUT2D eigenvalue weighted by molar-refractivity contribution is 0.607. The van der Waals surface area contributed by atoms with Crippen LogP contribution in [0.3, 0.4) is 0 Å². The Bertz CT molecular complexity index is 681.